The van der Waals surface area contributed by atoms with Gasteiger partial charge in [-0.05, 0) is 59.3 Å². The summed E-state index contributed by atoms with van der Waals surface area (Å²) >= 11 is 7.93. The average molecular weight is 416 g/mol. The molecular weight excluding hydrogens is 405 g/mol. The second-order valence-electron chi connectivity index (χ2n) is 4.38. The summed E-state index contributed by atoms with van der Waals surface area (Å²) in [4.78, 5) is 23.6. The second-order valence-corrected chi connectivity index (χ2v) is 5.98. The van der Waals surface area contributed by atoms with Gasteiger partial charge in [-0.3, -0.25) is 4.79 Å². The van der Waals surface area contributed by atoms with Crippen molar-refractivity contribution in [2.24, 2.45) is 0 Å². The summed E-state index contributed by atoms with van der Waals surface area (Å²) in [6.07, 6.45) is 0. The fraction of sp³-hybridized carbons (Fsp3) is 0.0667. The van der Waals surface area contributed by atoms with Gasteiger partial charge in [0.05, 0.1) is 16.8 Å². The van der Waals surface area contributed by atoms with Crippen molar-refractivity contribution in [1.29, 1.82) is 0 Å². The topological polar surface area (TPSA) is 66.4 Å². The van der Waals surface area contributed by atoms with E-state index in [-0.39, 0.29) is 5.56 Å². The van der Waals surface area contributed by atoms with E-state index in [1.807, 2.05) is 22.6 Å². The fourth-order valence-corrected chi connectivity index (χ4v) is 2.62. The summed E-state index contributed by atoms with van der Waals surface area (Å²) in [6, 6.07) is 9.80. The van der Waals surface area contributed by atoms with Crippen molar-refractivity contribution in [3.8, 4) is 0 Å². The maximum atomic E-state index is 12.3. The Morgan fingerprint density at radius 3 is 2.57 bits per heavy atom. The van der Waals surface area contributed by atoms with E-state index in [4.69, 9.17) is 11.6 Å². The predicted molar refractivity (Wildman–Crippen MR) is 90.3 cm³/mol. The molecule has 0 atom stereocenters. The molecule has 0 radical (unpaired) electrons. The van der Waals surface area contributed by atoms with Crippen molar-refractivity contribution >= 4 is 51.8 Å². The lowest BCUT2D eigenvalue weighted by Gasteiger charge is -2.12. The van der Waals surface area contributed by atoms with E-state index < -0.39 is 11.9 Å². The first kappa shape index (κ1) is 15.8. The molecule has 0 aliphatic carbocycles. The van der Waals surface area contributed by atoms with Crippen LogP contribution in [-0.4, -0.2) is 17.0 Å². The molecule has 2 aromatic carbocycles. The zero-order chi connectivity index (χ0) is 15.6. The number of carbonyl (C=O) groups is 2. The molecule has 0 saturated heterocycles. The van der Waals surface area contributed by atoms with Crippen molar-refractivity contribution in [3.05, 3.63) is 61.7 Å². The SMILES string of the molecule is Cc1cccc(C(=O)O)c1NC(=O)c1cc(Cl)ccc1I. The number of anilines is 1. The van der Waals surface area contributed by atoms with Crippen LogP contribution in [0.3, 0.4) is 0 Å². The molecule has 0 aliphatic rings. The Hall–Kier alpha value is -1.60. The van der Waals surface area contributed by atoms with Gasteiger partial charge in [-0.2, -0.15) is 0 Å². The first-order valence-electron chi connectivity index (χ1n) is 5.99. The van der Waals surface area contributed by atoms with Crippen molar-refractivity contribution in [3.63, 3.8) is 0 Å². The van der Waals surface area contributed by atoms with Crippen molar-refractivity contribution in [2.45, 2.75) is 6.92 Å². The van der Waals surface area contributed by atoms with Crippen molar-refractivity contribution in [2.75, 3.05) is 5.32 Å². The largest absolute Gasteiger partial charge is 0.478 e. The summed E-state index contributed by atoms with van der Waals surface area (Å²) in [5.74, 6) is -1.48. The summed E-state index contributed by atoms with van der Waals surface area (Å²) in [6.45, 7) is 1.74. The lowest BCUT2D eigenvalue weighted by molar-refractivity contribution is 0.0698. The molecular formula is C15H11ClINO3. The van der Waals surface area contributed by atoms with Crippen LogP contribution >= 0.6 is 34.2 Å². The Morgan fingerprint density at radius 2 is 1.90 bits per heavy atom. The van der Waals surface area contributed by atoms with Gasteiger partial charge >= 0.3 is 5.97 Å². The maximum Gasteiger partial charge on any atom is 0.337 e. The molecule has 2 aromatic rings. The van der Waals surface area contributed by atoms with Gasteiger partial charge < -0.3 is 10.4 Å². The molecule has 0 heterocycles. The fourth-order valence-electron chi connectivity index (χ4n) is 1.86. The number of carbonyl (C=O) groups excluding carboxylic acids is 1. The van der Waals surface area contributed by atoms with Crippen LogP contribution in [0.5, 0.6) is 0 Å². The number of rotatable bonds is 3. The molecule has 2 rings (SSSR count). The Balaban J connectivity index is 2.41. The van der Waals surface area contributed by atoms with Crippen LogP contribution in [0.1, 0.15) is 26.3 Å². The third kappa shape index (κ3) is 3.54. The van der Waals surface area contributed by atoms with E-state index >= 15 is 0 Å². The highest BCUT2D eigenvalue weighted by molar-refractivity contribution is 14.1. The summed E-state index contributed by atoms with van der Waals surface area (Å²) in [5.41, 5.74) is 1.44. The summed E-state index contributed by atoms with van der Waals surface area (Å²) < 4.78 is 0.736. The first-order valence-corrected chi connectivity index (χ1v) is 7.45. The Kier molecular flexibility index (Phi) is 4.84. The zero-order valence-corrected chi connectivity index (χ0v) is 13.9. The number of aryl methyl sites for hydroxylation is 1. The zero-order valence-electron chi connectivity index (χ0n) is 11.0. The third-order valence-corrected chi connectivity index (χ3v) is 4.09. The average Bonchev–Trinajstić information content (AvgIpc) is 2.43. The highest BCUT2D eigenvalue weighted by Gasteiger charge is 2.17. The number of benzene rings is 2. The number of carboxylic acids is 1. The number of carboxylic acid groups (broad SMARTS) is 1. The van der Waals surface area contributed by atoms with Gasteiger partial charge in [-0.1, -0.05) is 23.7 Å². The summed E-state index contributed by atoms with van der Waals surface area (Å²) in [5, 5.41) is 12.3. The molecule has 0 saturated carbocycles. The van der Waals surface area contributed by atoms with Crippen molar-refractivity contribution < 1.29 is 14.7 Å². The molecule has 0 bridgehead atoms. The molecule has 4 nitrogen and oxygen atoms in total. The highest BCUT2D eigenvalue weighted by atomic mass is 127. The van der Waals surface area contributed by atoms with Gasteiger partial charge in [0.1, 0.15) is 0 Å². The van der Waals surface area contributed by atoms with Gasteiger partial charge in [0, 0.05) is 8.59 Å². The van der Waals surface area contributed by atoms with E-state index in [0.717, 1.165) is 3.57 Å². The standard InChI is InChI=1S/C15H11ClINO3/c1-8-3-2-4-10(15(20)21)13(8)18-14(19)11-7-9(16)5-6-12(11)17/h2-7H,1H3,(H,18,19)(H,20,21). The third-order valence-electron chi connectivity index (χ3n) is 2.91. The quantitative estimate of drug-likeness (QED) is 0.738. The number of aromatic carboxylic acids is 1. The minimum absolute atomic E-state index is 0.0559. The number of nitrogens with one attached hydrogen (secondary N) is 1. The maximum absolute atomic E-state index is 12.3. The Labute approximate surface area is 140 Å². The van der Waals surface area contributed by atoms with Crippen LogP contribution in [0, 0.1) is 10.5 Å². The van der Waals surface area contributed by atoms with Crippen LogP contribution in [0.2, 0.25) is 5.02 Å². The summed E-state index contributed by atoms with van der Waals surface area (Å²) in [7, 11) is 0. The van der Waals surface area contributed by atoms with Gasteiger partial charge in [0.15, 0.2) is 0 Å². The smallest absolute Gasteiger partial charge is 0.337 e. The van der Waals surface area contributed by atoms with Gasteiger partial charge in [0.25, 0.3) is 5.91 Å². The molecule has 0 fully saturated rings. The van der Waals surface area contributed by atoms with Crippen LogP contribution in [0.4, 0.5) is 5.69 Å². The number of para-hydroxylation sites is 1. The van der Waals surface area contributed by atoms with Crippen LogP contribution in [0.25, 0.3) is 0 Å². The Morgan fingerprint density at radius 1 is 1.19 bits per heavy atom. The second kappa shape index (κ2) is 6.44. The molecule has 108 valence electrons. The number of hydrogen-bond acceptors (Lipinski definition) is 2. The lowest BCUT2D eigenvalue weighted by Crippen LogP contribution is -2.17. The number of halogens is 2. The minimum Gasteiger partial charge on any atom is -0.478 e. The lowest BCUT2D eigenvalue weighted by atomic mass is 10.1. The molecule has 0 unspecified atom stereocenters. The molecule has 0 spiro atoms. The monoisotopic (exact) mass is 415 g/mol. The van der Waals surface area contributed by atoms with E-state index in [0.29, 0.717) is 21.8 Å². The normalized spacial score (nSPS) is 10.2. The Bertz CT molecular complexity index is 731. The molecule has 1 amide bonds. The number of hydrogen-bond donors (Lipinski definition) is 2. The van der Waals surface area contributed by atoms with Gasteiger partial charge in [-0.25, -0.2) is 4.79 Å². The van der Waals surface area contributed by atoms with Crippen LogP contribution in [-0.2, 0) is 0 Å². The van der Waals surface area contributed by atoms with E-state index in [1.165, 1.54) is 6.07 Å². The van der Waals surface area contributed by atoms with Crippen LogP contribution in [0.15, 0.2) is 36.4 Å². The first-order chi connectivity index (χ1) is 9.90. The predicted octanol–water partition coefficient (Wildman–Crippen LogP) is 4.20. The van der Waals surface area contributed by atoms with Gasteiger partial charge in [0.2, 0.25) is 0 Å². The molecule has 21 heavy (non-hydrogen) atoms. The van der Waals surface area contributed by atoms with Crippen molar-refractivity contribution in [1.82, 2.24) is 0 Å². The van der Waals surface area contributed by atoms with Crippen LogP contribution < -0.4 is 5.32 Å². The van der Waals surface area contributed by atoms with E-state index in [1.54, 1.807) is 37.3 Å². The molecule has 0 aromatic heterocycles. The minimum atomic E-state index is -1.09. The van der Waals surface area contributed by atoms with E-state index in [2.05, 4.69) is 5.32 Å². The molecule has 0 aliphatic heterocycles. The van der Waals surface area contributed by atoms with Gasteiger partial charge in [-0.15, -0.1) is 0 Å². The number of amides is 1. The molecule has 6 heteroatoms. The molecule has 2 N–H and O–H groups in total. The highest BCUT2D eigenvalue weighted by Crippen LogP contribution is 2.23. The van der Waals surface area contributed by atoms with E-state index in [9.17, 15) is 14.7 Å².